The number of nitrogens with zero attached hydrogens (tertiary/aromatic N) is 1. The minimum absolute atomic E-state index is 0.0782. The Labute approximate surface area is 148 Å². The Morgan fingerprint density at radius 3 is 2.33 bits per heavy atom. The fourth-order valence-electron chi connectivity index (χ4n) is 4.57. The molecule has 3 rings (SSSR count). The Balaban J connectivity index is 1.93. The SMILES string of the molecule is CCC(COC1CC2CC(C2(C)C)C1(C)O)N=C(C)OC(C)(C)C. The maximum atomic E-state index is 11.0. The molecule has 3 saturated carbocycles. The molecule has 0 aromatic heterocycles. The lowest BCUT2D eigenvalue weighted by Crippen LogP contribution is -2.67. The molecule has 5 unspecified atom stereocenters. The first-order valence-electron chi connectivity index (χ1n) is 9.45. The smallest absolute Gasteiger partial charge is 0.180 e. The largest absolute Gasteiger partial charge is 0.476 e. The van der Waals surface area contributed by atoms with Crippen LogP contribution in [0, 0.1) is 17.3 Å². The van der Waals surface area contributed by atoms with Crippen LogP contribution < -0.4 is 0 Å². The minimum atomic E-state index is -0.739. The van der Waals surface area contributed by atoms with Gasteiger partial charge in [-0.1, -0.05) is 20.8 Å². The average molecular weight is 340 g/mol. The predicted octanol–water partition coefficient (Wildman–Crippen LogP) is 4.20. The molecular weight excluding hydrogens is 302 g/mol. The second kappa shape index (κ2) is 6.60. The monoisotopic (exact) mass is 339 g/mol. The molecule has 0 amide bonds. The van der Waals surface area contributed by atoms with E-state index in [4.69, 9.17) is 9.47 Å². The van der Waals surface area contributed by atoms with Gasteiger partial charge in [-0.15, -0.1) is 0 Å². The molecule has 24 heavy (non-hydrogen) atoms. The van der Waals surface area contributed by atoms with Crippen LogP contribution >= 0.6 is 0 Å². The van der Waals surface area contributed by atoms with E-state index in [0.717, 1.165) is 19.3 Å². The fourth-order valence-corrected chi connectivity index (χ4v) is 4.57. The van der Waals surface area contributed by atoms with E-state index in [-0.39, 0.29) is 23.2 Å². The quantitative estimate of drug-likeness (QED) is 0.603. The van der Waals surface area contributed by atoms with Gasteiger partial charge >= 0.3 is 0 Å². The standard InChI is InChI=1S/C20H37NO3/c1-9-15(21-13(2)24-18(3,4)5)12-23-17-11-14-10-16(19(14,6)7)20(17,8)22/h14-17,22H,9-12H2,1-8H3. The van der Waals surface area contributed by atoms with E-state index in [9.17, 15) is 5.11 Å². The molecule has 0 radical (unpaired) electrons. The number of aliphatic imine (C=N–C) groups is 1. The lowest BCUT2D eigenvalue weighted by atomic mass is 9.43. The van der Waals surface area contributed by atoms with Crippen molar-refractivity contribution in [1.29, 1.82) is 0 Å². The number of hydrogen-bond donors (Lipinski definition) is 1. The summed E-state index contributed by atoms with van der Waals surface area (Å²) in [5.74, 6) is 1.71. The summed E-state index contributed by atoms with van der Waals surface area (Å²) < 4.78 is 12.0. The molecular formula is C20H37NO3. The summed E-state index contributed by atoms with van der Waals surface area (Å²) in [7, 11) is 0. The van der Waals surface area contributed by atoms with Gasteiger partial charge in [-0.2, -0.15) is 0 Å². The van der Waals surface area contributed by atoms with E-state index >= 15 is 0 Å². The first-order valence-corrected chi connectivity index (χ1v) is 9.45. The van der Waals surface area contributed by atoms with Crippen molar-refractivity contribution in [2.45, 2.75) is 98.0 Å². The summed E-state index contributed by atoms with van der Waals surface area (Å²) >= 11 is 0. The van der Waals surface area contributed by atoms with Crippen LogP contribution in [0.25, 0.3) is 0 Å². The first kappa shape index (κ1) is 19.7. The van der Waals surface area contributed by atoms with Crippen molar-refractivity contribution < 1.29 is 14.6 Å². The second-order valence-corrected chi connectivity index (χ2v) is 9.51. The Morgan fingerprint density at radius 1 is 1.25 bits per heavy atom. The zero-order chi connectivity index (χ0) is 18.3. The highest BCUT2D eigenvalue weighted by Crippen LogP contribution is 2.63. The maximum absolute atomic E-state index is 11.0. The third-order valence-corrected chi connectivity index (χ3v) is 6.11. The van der Waals surface area contributed by atoms with E-state index in [1.54, 1.807) is 0 Å². The van der Waals surface area contributed by atoms with Gasteiger partial charge in [0.05, 0.1) is 24.4 Å². The molecule has 0 spiro atoms. The summed E-state index contributed by atoms with van der Waals surface area (Å²) in [5.41, 5.74) is -0.730. The zero-order valence-electron chi connectivity index (χ0n) is 16.8. The number of hydrogen-bond acceptors (Lipinski definition) is 4. The first-order chi connectivity index (χ1) is 10.9. The summed E-state index contributed by atoms with van der Waals surface area (Å²) in [6.45, 7) is 17.2. The number of ether oxygens (including phenoxy) is 2. The van der Waals surface area contributed by atoms with Gasteiger partial charge in [-0.25, -0.2) is 0 Å². The maximum Gasteiger partial charge on any atom is 0.180 e. The Hall–Kier alpha value is -0.610. The highest BCUT2D eigenvalue weighted by atomic mass is 16.5. The van der Waals surface area contributed by atoms with Crippen LogP contribution in [-0.2, 0) is 9.47 Å². The molecule has 4 nitrogen and oxygen atoms in total. The zero-order valence-corrected chi connectivity index (χ0v) is 16.8. The van der Waals surface area contributed by atoms with Crippen molar-refractivity contribution in [3.05, 3.63) is 0 Å². The van der Waals surface area contributed by atoms with Crippen LogP contribution in [0.1, 0.15) is 74.7 Å². The summed E-state index contributed by atoms with van der Waals surface area (Å²) in [4.78, 5) is 4.66. The number of rotatable bonds is 5. The van der Waals surface area contributed by atoms with Crippen LogP contribution in [0.2, 0.25) is 0 Å². The van der Waals surface area contributed by atoms with E-state index in [0.29, 0.717) is 24.3 Å². The normalized spacial score (nSPS) is 36.9. The highest BCUT2D eigenvalue weighted by molar-refractivity contribution is 5.73. The Morgan fingerprint density at radius 2 is 1.88 bits per heavy atom. The number of fused-ring (bicyclic) bond motifs is 2. The minimum Gasteiger partial charge on any atom is -0.476 e. The van der Waals surface area contributed by atoms with Crippen LogP contribution in [0.15, 0.2) is 4.99 Å². The summed E-state index contributed by atoms with van der Waals surface area (Å²) in [6.07, 6.45) is 2.90. The average Bonchev–Trinajstić information content (AvgIpc) is 2.41. The van der Waals surface area contributed by atoms with E-state index in [1.807, 2.05) is 34.6 Å². The molecule has 3 fully saturated rings. The molecule has 1 N–H and O–H groups in total. The van der Waals surface area contributed by atoms with Crippen molar-refractivity contribution >= 4 is 5.90 Å². The second-order valence-electron chi connectivity index (χ2n) is 9.51. The summed E-state index contributed by atoms with van der Waals surface area (Å²) in [5, 5.41) is 11.0. The van der Waals surface area contributed by atoms with Gasteiger partial charge < -0.3 is 14.6 Å². The Bertz CT molecular complexity index is 476. The van der Waals surface area contributed by atoms with Crippen molar-refractivity contribution in [2.24, 2.45) is 22.2 Å². The van der Waals surface area contributed by atoms with Gasteiger partial charge in [-0.3, -0.25) is 4.99 Å². The molecule has 0 saturated heterocycles. The molecule has 0 aliphatic heterocycles. The fraction of sp³-hybridized carbons (Fsp3) is 0.950. The van der Waals surface area contributed by atoms with Gasteiger partial charge in [0.25, 0.3) is 0 Å². The molecule has 2 bridgehead atoms. The molecule has 140 valence electrons. The molecule has 0 aromatic rings. The third-order valence-electron chi connectivity index (χ3n) is 6.11. The van der Waals surface area contributed by atoms with Gasteiger partial charge in [0.1, 0.15) is 5.60 Å². The van der Waals surface area contributed by atoms with Crippen LogP contribution in [0.3, 0.4) is 0 Å². The lowest BCUT2D eigenvalue weighted by Gasteiger charge is -2.64. The topological polar surface area (TPSA) is 51.0 Å². The van der Waals surface area contributed by atoms with Crippen LogP contribution in [-0.4, -0.2) is 41.0 Å². The lowest BCUT2D eigenvalue weighted by molar-refractivity contribution is -0.257. The molecule has 3 aliphatic carbocycles. The van der Waals surface area contributed by atoms with Crippen LogP contribution in [0.5, 0.6) is 0 Å². The van der Waals surface area contributed by atoms with Gasteiger partial charge in [0.15, 0.2) is 5.90 Å². The van der Waals surface area contributed by atoms with E-state index in [2.05, 4.69) is 25.8 Å². The number of aliphatic hydroxyl groups is 1. The molecule has 0 heterocycles. The predicted molar refractivity (Wildman–Crippen MR) is 98.4 cm³/mol. The molecule has 5 atom stereocenters. The highest BCUT2D eigenvalue weighted by Gasteiger charge is 2.63. The van der Waals surface area contributed by atoms with Crippen molar-refractivity contribution in [2.75, 3.05) is 6.61 Å². The van der Waals surface area contributed by atoms with Gasteiger partial charge in [0.2, 0.25) is 0 Å². The van der Waals surface area contributed by atoms with E-state index in [1.165, 1.54) is 0 Å². The van der Waals surface area contributed by atoms with Gasteiger partial charge in [0, 0.05) is 6.92 Å². The van der Waals surface area contributed by atoms with Crippen molar-refractivity contribution in [1.82, 2.24) is 0 Å². The van der Waals surface area contributed by atoms with E-state index < -0.39 is 5.60 Å². The molecule has 3 aliphatic rings. The van der Waals surface area contributed by atoms with Gasteiger partial charge in [-0.05, 0) is 64.2 Å². The van der Waals surface area contributed by atoms with Crippen molar-refractivity contribution in [3.8, 4) is 0 Å². The molecule has 4 heteroatoms. The third kappa shape index (κ3) is 3.96. The van der Waals surface area contributed by atoms with Crippen molar-refractivity contribution in [3.63, 3.8) is 0 Å². The Kier molecular flexibility index (Phi) is 5.42. The molecule has 0 aromatic carbocycles. The van der Waals surface area contributed by atoms with Crippen LogP contribution in [0.4, 0.5) is 0 Å². The summed E-state index contributed by atoms with van der Waals surface area (Å²) in [6, 6.07) is 0.0782.